The maximum absolute atomic E-state index is 6.17. The minimum Gasteiger partial charge on any atom is -0.393 e. The molecule has 0 amide bonds. The van der Waals surface area contributed by atoms with E-state index in [0.717, 1.165) is 5.56 Å². The van der Waals surface area contributed by atoms with E-state index < -0.39 is 0 Å². The number of anilines is 3. The largest absolute Gasteiger partial charge is 0.393 e. The third-order valence-electron chi connectivity index (χ3n) is 3.62. The average molecular weight is 347 g/mol. The number of hydrazine groups is 1. The predicted octanol–water partition coefficient (Wildman–Crippen LogP) is 1.72. The number of nitrogen functional groups attached to an aromatic ring is 1. The van der Waals surface area contributed by atoms with Gasteiger partial charge in [0.15, 0.2) is 16.8 Å². The van der Waals surface area contributed by atoms with Crippen LogP contribution in [0, 0.1) is 0 Å². The minimum atomic E-state index is 0.296. The van der Waals surface area contributed by atoms with Crippen molar-refractivity contribution in [1.82, 2.24) is 9.97 Å². The fraction of sp³-hybridized carbons (Fsp3) is 0.375. The molecular weight excluding hydrogens is 322 g/mol. The van der Waals surface area contributed by atoms with Crippen LogP contribution in [0.3, 0.4) is 0 Å². The third kappa shape index (κ3) is 4.50. The summed E-state index contributed by atoms with van der Waals surface area (Å²) in [5.41, 5.74) is 14.4. The zero-order chi connectivity index (χ0) is 17.7. The van der Waals surface area contributed by atoms with Crippen molar-refractivity contribution in [2.75, 3.05) is 29.1 Å². The lowest BCUT2D eigenvalue weighted by atomic mass is 10.0. The first kappa shape index (κ1) is 18.3. The quantitative estimate of drug-likeness (QED) is 0.224. The van der Waals surface area contributed by atoms with E-state index in [2.05, 4.69) is 66.0 Å². The molecule has 130 valence electrons. The van der Waals surface area contributed by atoms with Gasteiger partial charge in [-0.05, 0) is 17.0 Å². The van der Waals surface area contributed by atoms with Crippen molar-refractivity contribution in [3.8, 4) is 0 Å². The molecule has 0 aliphatic heterocycles. The highest BCUT2D eigenvalue weighted by Crippen LogP contribution is 2.27. The molecule has 0 aliphatic rings. The number of nitrogens with two attached hydrogens (primary N) is 3. The van der Waals surface area contributed by atoms with E-state index in [1.54, 1.807) is 0 Å². The van der Waals surface area contributed by atoms with E-state index in [0.29, 0.717) is 48.0 Å². The topological polar surface area (TPSA) is 119 Å². The molecule has 2 aromatic rings. The standard InChI is InChI=1S/C16H25N7S/c1-10(2)12-5-3-11(4-6-12)9-23(19)15-13(18)14(20-8-7-17)21-16(24)22-15/h3-6,10H,7-9,17-19H2,1-2H3,(H2,20,21,22,24). The number of thiol groups is 1. The molecule has 1 aromatic carbocycles. The lowest BCUT2D eigenvalue weighted by Gasteiger charge is -2.21. The van der Waals surface area contributed by atoms with Crippen LogP contribution in [0.1, 0.15) is 30.9 Å². The lowest BCUT2D eigenvalue weighted by molar-refractivity contribution is 0.807. The van der Waals surface area contributed by atoms with Gasteiger partial charge in [-0.15, -0.1) is 12.6 Å². The zero-order valence-corrected chi connectivity index (χ0v) is 14.9. The summed E-state index contributed by atoms with van der Waals surface area (Å²) in [6.45, 7) is 5.82. The van der Waals surface area contributed by atoms with Crippen LogP contribution in [0.4, 0.5) is 17.3 Å². The van der Waals surface area contributed by atoms with Gasteiger partial charge in [-0.2, -0.15) is 0 Å². The van der Waals surface area contributed by atoms with Crippen molar-refractivity contribution in [1.29, 1.82) is 0 Å². The van der Waals surface area contributed by atoms with Gasteiger partial charge >= 0.3 is 0 Å². The Morgan fingerprint density at radius 2 is 1.88 bits per heavy atom. The molecular formula is C16H25N7S. The predicted molar refractivity (Wildman–Crippen MR) is 102 cm³/mol. The van der Waals surface area contributed by atoms with Crippen molar-refractivity contribution in [2.45, 2.75) is 31.5 Å². The summed E-state index contributed by atoms with van der Waals surface area (Å²) in [5, 5.41) is 4.84. The maximum Gasteiger partial charge on any atom is 0.188 e. The van der Waals surface area contributed by atoms with E-state index in [1.165, 1.54) is 10.6 Å². The van der Waals surface area contributed by atoms with Crippen molar-refractivity contribution in [2.24, 2.45) is 11.6 Å². The fourth-order valence-electron chi connectivity index (χ4n) is 2.27. The summed E-state index contributed by atoms with van der Waals surface area (Å²) in [4.78, 5) is 8.41. The normalized spacial score (nSPS) is 10.9. The van der Waals surface area contributed by atoms with Crippen LogP contribution < -0.4 is 27.6 Å². The number of nitrogens with zero attached hydrogens (tertiary/aromatic N) is 3. The molecule has 8 heteroatoms. The van der Waals surface area contributed by atoms with Gasteiger partial charge in [-0.25, -0.2) is 15.8 Å². The second-order valence-corrected chi connectivity index (χ2v) is 6.25. The molecule has 0 atom stereocenters. The van der Waals surface area contributed by atoms with Crippen molar-refractivity contribution in [3.63, 3.8) is 0 Å². The molecule has 7 nitrogen and oxygen atoms in total. The minimum absolute atomic E-state index is 0.296. The monoisotopic (exact) mass is 347 g/mol. The lowest BCUT2D eigenvalue weighted by Crippen LogP contribution is -2.32. The molecule has 0 bridgehead atoms. The molecule has 2 rings (SSSR count). The van der Waals surface area contributed by atoms with Crippen LogP contribution in [-0.4, -0.2) is 23.1 Å². The molecule has 0 saturated heterocycles. The summed E-state index contributed by atoms with van der Waals surface area (Å²) >= 11 is 4.22. The molecule has 0 aliphatic carbocycles. The molecule has 1 aromatic heterocycles. The Kier molecular flexibility index (Phi) is 6.24. The highest BCUT2D eigenvalue weighted by atomic mass is 32.1. The summed E-state index contributed by atoms with van der Waals surface area (Å²) in [5.74, 6) is 7.58. The Balaban J connectivity index is 2.19. The summed E-state index contributed by atoms with van der Waals surface area (Å²) in [6.07, 6.45) is 0. The summed E-state index contributed by atoms with van der Waals surface area (Å²) in [6, 6.07) is 8.33. The molecule has 24 heavy (non-hydrogen) atoms. The zero-order valence-electron chi connectivity index (χ0n) is 14.0. The van der Waals surface area contributed by atoms with Crippen LogP contribution >= 0.6 is 12.6 Å². The Morgan fingerprint density at radius 1 is 1.21 bits per heavy atom. The van der Waals surface area contributed by atoms with Crippen molar-refractivity contribution in [3.05, 3.63) is 35.4 Å². The highest BCUT2D eigenvalue weighted by molar-refractivity contribution is 7.80. The third-order valence-corrected chi connectivity index (χ3v) is 3.82. The van der Waals surface area contributed by atoms with Crippen molar-refractivity contribution < 1.29 is 0 Å². The van der Waals surface area contributed by atoms with E-state index in [1.807, 2.05) is 0 Å². The number of hydrogen-bond acceptors (Lipinski definition) is 8. The Morgan fingerprint density at radius 3 is 2.46 bits per heavy atom. The summed E-state index contributed by atoms with van der Waals surface area (Å²) < 4.78 is 0. The van der Waals surface area contributed by atoms with Gasteiger partial charge in [0.1, 0.15) is 5.69 Å². The number of nitrogens with one attached hydrogen (secondary N) is 1. The van der Waals surface area contributed by atoms with Gasteiger partial charge in [0.25, 0.3) is 0 Å². The molecule has 0 radical (unpaired) electrons. The first-order chi connectivity index (χ1) is 11.4. The highest BCUT2D eigenvalue weighted by Gasteiger charge is 2.15. The first-order valence-electron chi connectivity index (χ1n) is 7.83. The van der Waals surface area contributed by atoms with Gasteiger partial charge < -0.3 is 16.8 Å². The number of aromatic nitrogens is 2. The van der Waals surface area contributed by atoms with Crippen LogP contribution in [0.5, 0.6) is 0 Å². The SMILES string of the molecule is CC(C)c1ccc(CN(N)c2nc(S)nc(NCCN)c2N)cc1. The van der Waals surface area contributed by atoms with Crippen LogP contribution in [0.2, 0.25) is 0 Å². The van der Waals surface area contributed by atoms with E-state index >= 15 is 0 Å². The van der Waals surface area contributed by atoms with Gasteiger partial charge in [-0.1, -0.05) is 38.1 Å². The molecule has 0 saturated carbocycles. The average Bonchev–Trinajstić information content (AvgIpc) is 2.55. The van der Waals surface area contributed by atoms with E-state index in [-0.39, 0.29) is 0 Å². The molecule has 7 N–H and O–H groups in total. The fourth-order valence-corrected chi connectivity index (χ4v) is 2.46. The molecule has 0 spiro atoms. The van der Waals surface area contributed by atoms with Crippen LogP contribution in [0.15, 0.2) is 29.4 Å². The van der Waals surface area contributed by atoms with Gasteiger partial charge in [0, 0.05) is 13.1 Å². The van der Waals surface area contributed by atoms with Crippen molar-refractivity contribution >= 4 is 30.0 Å². The van der Waals surface area contributed by atoms with Gasteiger partial charge in [0.2, 0.25) is 0 Å². The second-order valence-electron chi connectivity index (χ2n) is 5.85. The Hall–Kier alpha value is -2.03. The van der Waals surface area contributed by atoms with E-state index in [9.17, 15) is 0 Å². The maximum atomic E-state index is 6.17. The van der Waals surface area contributed by atoms with E-state index in [4.69, 9.17) is 17.3 Å². The van der Waals surface area contributed by atoms with Gasteiger partial charge in [0.05, 0.1) is 6.54 Å². The Bertz CT molecular complexity index is 673. The Labute approximate surface area is 148 Å². The van der Waals surface area contributed by atoms with Crippen LogP contribution in [0.25, 0.3) is 0 Å². The number of rotatable bonds is 7. The van der Waals surface area contributed by atoms with Gasteiger partial charge in [-0.3, -0.25) is 5.01 Å². The summed E-state index contributed by atoms with van der Waals surface area (Å²) in [7, 11) is 0. The number of benzene rings is 1. The second kappa shape index (κ2) is 8.18. The number of hydrogen-bond donors (Lipinski definition) is 5. The smallest absolute Gasteiger partial charge is 0.188 e. The van der Waals surface area contributed by atoms with Crippen LogP contribution in [-0.2, 0) is 6.54 Å². The first-order valence-corrected chi connectivity index (χ1v) is 8.28. The molecule has 0 fully saturated rings. The molecule has 0 unspecified atom stereocenters. The molecule has 1 heterocycles.